The maximum Gasteiger partial charge on any atom is 0.315 e. The van der Waals surface area contributed by atoms with Gasteiger partial charge in [0.05, 0.1) is 6.61 Å². The Hall–Kier alpha value is -0.420. The Morgan fingerprint density at radius 3 is 2.30 bits per heavy atom. The number of carbonyl (C=O) groups is 1. The van der Waals surface area contributed by atoms with E-state index in [-0.39, 0.29) is 5.91 Å². The molecule has 1 atom stereocenters. The van der Waals surface area contributed by atoms with Crippen molar-refractivity contribution in [2.75, 3.05) is 34.3 Å². The summed E-state index contributed by atoms with van der Waals surface area (Å²) in [4.78, 5) is 14.0. The summed E-state index contributed by atoms with van der Waals surface area (Å²) in [7, 11) is 5.38. The van der Waals surface area contributed by atoms with E-state index in [4.69, 9.17) is 20.9 Å². The molecule has 0 aliphatic carbocycles. The molecule has 1 unspecified atom stereocenters. The molecule has 1 aliphatic heterocycles. The third-order valence-corrected chi connectivity index (χ3v) is 6.59. The molecule has 0 spiro atoms. The number of rotatable bonds is 4. The van der Waals surface area contributed by atoms with E-state index in [1.54, 1.807) is 19.0 Å². The summed E-state index contributed by atoms with van der Waals surface area (Å²) in [6, 6.07) is 0. The van der Waals surface area contributed by atoms with Crippen molar-refractivity contribution < 1.29 is 13.8 Å². The predicted molar refractivity (Wildman–Crippen MR) is 84.8 cm³/mol. The number of hydrogen-bond acceptors (Lipinski definition) is 4. The van der Waals surface area contributed by atoms with Crippen LogP contribution in [0.2, 0.25) is 0 Å². The molecule has 1 heterocycles. The van der Waals surface area contributed by atoms with Gasteiger partial charge in [-0.05, 0) is 52.1 Å². The van der Waals surface area contributed by atoms with Crippen LogP contribution in [0.1, 0.15) is 27.7 Å². The Bertz CT molecular complexity index is 470. The third-order valence-electron chi connectivity index (χ3n) is 3.26. The molecule has 20 heavy (non-hydrogen) atoms. The van der Waals surface area contributed by atoms with Crippen molar-refractivity contribution in [1.29, 1.82) is 0 Å². The van der Waals surface area contributed by atoms with Gasteiger partial charge >= 0.3 is 6.64 Å². The smallest absolute Gasteiger partial charge is 0.315 e. The lowest BCUT2D eigenvalue weighted by Gasteiger charge is -2.34. The lowest BCUT2D eigenvalue weighted by molar-refractivity contribution is -0.136. The van der Waals surface area contributed by atoms with Crippen molar-refractivity contribution >= 4 is 24.4 Å². The van der Waals surface area contributed by atoms with Crippen molar-refractivity contribution in [1.82, 2.24) is 9.57 Å². The Kier molecular flexibility index (Phi) is 5.41. The number of carbonyl (C=O) groups excluding carboxylic acids is 1. The fraction of sp³-hybridized carbons (Fsp3) is 0.769. The highest BCUT2D eigenvalue weighted by Gasteiger charge is 2.41. The summed E-state index contributed by atoms with van der Waals surface area (Å²) >= 11 is 5.54. The van der Waals surface area contributed by atoms with Crippen LogP contribution in [0.4, 0.5) is 0 Å². The SMILES string of the molecule is CC(C)=C(OP1(=S)OCCN1C)C(C)(C)C(=O)N(C)C. The topological polar surface area (TPSA) is 42.0 Å². The Balaban J connectivity index is 3.12. The molecule has 1 amide bonds. The van der Waals surface area contributed by atoms with Crippen LogP contribution in [0.25, 0.3) is 0 Å². The van der Waals surface area contributed by atoms with E-state index in [0.717, 1.165) is 12.1 Å². The fourth-order valence-corrected chi connectivity index (χ4v) is 4.57. The van der Waals surface area contributed by atoms with Gasteiger partial charge in [-0.1, -0.05) is 0 Å². The van der Waals surface area contributed by atoms with Gasteiger partial charge in [0.1, 0.15) is 11.2 Å². The van der Waals surface area contributed by atoms with Gasteiger partial charge in [-0.2, -0.15) is 0 Å². The molecular formula is C13H25N2O3PS. The molecule has 0 aromatic heterocycles. The minimum Gasteiger partial charge on any atom is -0.436 e. The Labute approximate surface area is 127 Å². The lowest BCUT2D eigenvalue weighted by atomic mass is 9.87. The molecule has 0 radical (unpaired) electrons. The minimum atomic E-state index is -2.50. The number of likely N-dealkylation sites (N-methyl/N-ethyl adjacent to an activating group) is 1. The molecule has 1 rings (SSSR count). The minimum absolute atomic E-state index is 0.0165. The van der Waals surface area contributed by atoms with Crippen LogP contribution in [0.15, 0.2) is 11.3 Å². The maximum atomic E-state index is 12.4. The number of hydrogen-bond donors (Lipinski definition) is 0. The van der Waals surface area contributed by atoms with Crippen LogP contribution in [0, 0.1) is 5.41 Å². The molecule has 0 aromatic carbocycles. The van der Waals surface area contributed by atoms with Gasteiger partial charge in [0.2, 0.25) is 5.91 Å². The highest BCUT2D eigenvalue weighted by Crippen LogP contribution is 2.58. The van der Waals surface area contributed by atoms with Gasteiger partial charge in [0.25, 0.3) is 0 Å². The first-order valence-electron chi connectivity index (χ1n) is 6.58. The Morgan fingerprint density at radius 2 is 1.95 bits per heavy atom. The second-order valence-corrected chi connectivity index (χ2v) is 9.37. The molecule has 1 saturated heterocycles. The summed E-state index contributed by atoms with van der Waals surface area (Å²) in [6.45, 7) is 6.40. The molecule has 1 fully saturated rings. The van der Waals surface area contributed by atoms with Crippen molar-refractivity contribution in [2.24, 2.45) is 5.41 Å². The number of nitrogens with zero attached hydrogens (tertiary/aromatic N) is 2. The first-order chi connectivity index (χ1) is 9.02. The lowest BCUT2D eigenvalue weighted by Crippen LogP contribution is -2.38. The molecule has 116 valence electrons. The highest BCUT2D eigenvalue weighted by atomic mass is 32.5. The van der Waals surface area contributed by atoms with Gasteiger partial charge in [-0.15, -0.1) is 0 Å². The van der Waals surface area contributed by atoms with E-state index in [0.29, 0.717) is 12.4 Å². The molecule has 0 saturated carbocycles. The van der Waals surface area contributed by atoms with Crippen LogP contribution in [-0.4, -0.2) is 49.8 Å². The van der Waals surface area contributed by atoms with Gasteiger partial charge in [0, 0.05) is 20.6 Å². The molecule has 0 bridgehead atoms. The second kappa shape index (κ2) is 6.14. The molecule has 5 nitrogen and oxygen atoms in total. The van der Waals surface area contributed by atoms with Gasteiger partial charge in [-0.25, -0.2) is 4.67 Å². The van der Waals surface area contributed by atoms with Crippen LogP contribution >= 0.6 is 6.64 Å². The summed E-state index contributed by atoms with van der Waals surface area (Å²) in [5.41, 5.74) is 0.180. The monoisotopic (exact) mass is 320 g/mol. The highest BCUT2D eigenvalue weighted by molar-refractivity contribution is 8.08. The van der Waals surface area contributed by atoms with E-state index < -0.39 is 12.1 Å². The summed E-state index contributed by atoms with van der Waals surface area (Å²) < 4.78 is 13.6. The number of amides is 1. The molecule has 7 heteroatoms. The zero-order chi connectivity index (χ0) is 15.7. The van der Waals surface area contributed by atoms with E-state index in [1.807, 2.05) is 39.4 Å². The second-order valence-electron chi connectivity index (χ2n) is 5.93. The zero-order valence-electron chi connectivity index (χ0n) is 13.4. The zero-order valence-corrected chi connectivity index (χ0v) is 15.1. The van der Waals surface area contributed by atoms with Crippen LogP contribution < -0.4 is 0 Å². The van der Waals surface area contributed by atoms with Crippen molar-refractivity contribution in [3.05, 3.63) is 11.3 Å². The maximum absolute atomic E-state index is 12.4. The normalized spacial score (nSPS) is 23.6. The predicted octanol–water partition coefficient (Wildman–Crippen LogP) is 2.60. The standard InChI is InChI=1S/C13H25N2O3PS/c1-10(2)11(13(3,4)12(16)14(5)6)18-19(20)15(7)8-9-17-19/h8-9H2,1-7H3. The van der Waals surface area contributed by atoms with Gasteiger partial charge in [0.15, 0.2) is 0 Å². The molecule has 1 aliphatic rings. The van der Waals surface area contributed by atoms with Crippen LogP contribution in [0.5, 0.6) is 0 Å². The first-order valence-corrected chi connectivity index (χ1v) is 9.17. The van der Waals surface area contributed by atoms with Crippen molar-refractivity contribution in [3.63, 3.8) is 0 Å². The summed E-state index contributed by atoms with van der Waals surface area (Å²) in [5, 5.41) is 0. The van der Waals surface area contributed by atoms with Crippen molar-refractivity contribution in [2.45, 2.75) is 27.7 Å². The van der Waals surface area contributed by atoms with Crippen LogP contribution in [0.3, 0.4) is 0 Å². The number of allylic oxidation sites excluding steroid dienone is 1. The quantitative estimate of drug-likeness (QED) is 0.588. The summed E-state index contributed by atoms with van der Waals surface area (Å²) in [5.74, 6) is 0.602. The summed E-state index contributed by atoms with van der Waals surface area (Å²) in [6.07, 6.45) is 0. The molecule has 0 N–H and O–H groups in total. The van der Waals surface area contributed by atoms with Crippen molar-refractivity contribution in [3.8, 4) is 0 Å². The molecular weight excluding hydrogens is 295 g/mol. The van der Waals surface area contributed by atoms with Crippen LogP contribution in [-0.2, 0) is 25.6 Å². The van der Waals surface area contributed by atoms with E-state index in [1.165, 1.54) is 0 Å². The average Bonchev–Trinajstić information content (AvgIpc) is 2.65. The first kappa shape index (κ1) is 17.6. The van der Waals surface area contributed by atoms with Gasteiger partial charge < -0.3 is 13.9 Å². The third kappa shape index (κ3) is 3.42. The Morgan fingerprint density at radius 1 is 1.40 bits per heavy atom. The van der Waals surface area contributed by atoms with E-state index >= 15 is 0 Å². The largest absolute Gasteiger partial charge is 0.436 e. The van der Waals surface area contributed by atoms with E-state index in [9.17, 15) is 4.79 Å². The molecule has 0 aromatic rings. The fourth-order valence-electron chi connectivity index (χ4n) is 2.21. The van der Waals surface area contributed by atoms with E-state index in [2.05, 4.69) is 0 Å². The average molecular weight is 320 g/mol. The van der Waals surface area contributed by atoms with Gasteiger partial charge in [-0.3, -0.25) is 4.79 Å².